The first kappa shape index (κ1) is 22.3. The Morgan fingerprint density at radius 3 is 2.40 bits per heavy atom. The van der Waals surface area contributed by atoms with E-state index in [9.17, 15) is 4.79 Å². The van der Waals surface area contributed by atoms with Crippen molar-refractivity contribution in [1.29, 1.82) is 0 Å². The number of rotatable bonds is 7. The summed E-state index contributed by atoms with van der Waals surface area (Å²) in [6, 6.07) is 10.8. The van der Waals surface area contributed by atoms with Crippen LogP contribution in [-0.2, 0) is 11.4 Å². The lowest BCUT2D eigenvalue weighted by Gasteiger charge is -2.12. The summed E-state index contributed by atoms with van der Waals surface area (Å²) >= 11 is 13.1. The van der Waals surface area contributed by atoms with Crippen LogP contribution in [0.1, 0.15) is 23.9 Å². The van der Waals surface area contributed by atoms with Crippen molar-refractivity contribution in [1.82, 2.24) is 14.9 Å². The van der Waals surface area contributed by atoms with Crippen LogP contribution in [0.4, 0.5) is 5.69 Å². The van der Waals surface area contributed by atoms with Gasteiger partial charge in [-0.2, -0.15) is 0 Å². The predicted octanol–water partition coefficient (Wildman–Crippen LogP) is 4.61. The van der Waals surface area contributed by atoms with Crippen molar-refractivity contribution < 1.29 is 9.53 Å². The van der Waals surface area contributed by atoms with Crippen molar-refractivity contribution in [3.8, 4) is 5.75 Å². The lowest BCUT2D eigenvalue weighted by Crippen LogP contribution is -2.24. The van der Waals surface area contributed by atoms with Gasteiger partial charge >= 0.3 is 0 Å². The Morgan fingerprint density at radius 1 is 1.13 bits per heavy atom. The molecule has 0 fully saturated rings. The van der Waals surface area contributed by atoms with Gasteiger partial charge in [-0.1, -0.05) is 41.0 Å². The largest absolute Gasteiger partial charge is 0.486 e. The number of aromatic nitrogens is 3. The predicted molar refractivity (Wildman–Crippen MR) is 121 cm³/mol. The summed E-state index contributed by atoms with van der Waals surface area (Å²) in [5, 5.41) is 11.7. The van der Waals surface area contributed by atoms with E-state index < -0.39 is 5.25 Å². The number of aryl methyl sites for hydroxylation is 2. The first-order chi connectivity index (χ1) is 14.2. The molecule has 1 heterocycles. The molecule has 0 saturated heterocycles. The Labute approximate surface area is 188 Å². The van der Waals surface area contributed by atoms with Gasteiger partial charge in [-0.25, -0.2) is 4.68 Å². The lowest BCUT2D eigenvalue weighted by molar-refractivity contribution is -0.115. The zero-order valence-electron chi connectivity index (χ0n) is 16.6. The number of nitrogen functional groups attached to an aromatic ring is 1. The van der Waals surface area contributed by atoms with E-state index in [4.69, 9.17) is 33.8 Å². The van der Waals surface area contributed by atoms with Gasteiger partial charge in [-0.15, -0.1) is 10.2 Å². The summed E-state index contributed by atoms with van der Waals surface area (Å²) < 4.78 is 7.11. The van der Waals surface area contributed by atoms with Crippen LogP contribution in [0.3, 0.4) is 0 Å². The molecule has 0 spiro atoms. The number of nitrogens with two attached hydrogens (primary N) is 1. The van der Waals surface area contributed by atoms with Crippen LogP contribution < -0.4 is 15.9 Å². The van der Waals surface area contributed by atoms with Gasteiger partial charge in [-0.05, 0) is 62.2 Å². The van der Waals surface area contributed by atoms with Crippen LogP contribution in [0, 0.1) is 13.8 Å². The molecule has 1 unspecified atom stereocenters. The quantitative estimate of drug-likeness (QED) is 0.390. The third-order valence-electron chi connectivity index (χ3n) is 4.08. The van der Waals surface area contributed by atoms with Gasteiger partial charge in [0.1, 0.15) is 12.4 Å². The number of halogens is 2. The second kappa shape index (κ2) is 9.59. The molecule has 158 valence electrons. The zero-order chi connectivity index (χ0) is 21.8. The van der Waals surface area contributed by atoms with E-state index >= 15 is 0 Å². The topological polar surface area (TPSA) is 95.1 Å². The monoisotopic (exact) mass is 465 g/mol. The summed E-state index contributed by atoms with van der Waals surface area (Å²) in [7, 11) is 0. The number of carbonyl (C=O) groups is 1. The minimum absolute atomic E-state index is 0.161. The minimum Gasteiger partial charge on any atom is -0.486 e. The Kier molecular flexibility index (Phi) is 7.12. The third-order valence-corrected chi connectivity index (χ3v) is 5.57. The first-order valence-electron chi connectivity index (χ1n) is 9.05. The maximum Gasteiger partial charge on any atom is 0.237 e. The first-order valence-corrected chi connectivity index (χ1v) is 10.7. The molecule has 7 nitrogen and oxygen atoms in total. The van der Waals surface area contributed by atoms with E-state index in [0.29, 0.717) is 26.7 Å². The second-order valence-corrected chi connectivity index (χ2v) is 8.97. The molecule has 3 aromatic rings. The van der Waals surface area contributed by atoms with Crippen LogP contribution in [0.15, 0.2) is 41.6 Å². The standard InChI is InChI=1S/C20H21Cl2N5O2S/c1-11-4-12(2)6-17(5-11)29-10-18-25-26-20(27(18)23)30-13(3)19(28)24-16-8-14(21)7-15(22)9-16/h4-9,13H,10,23H2,1-3H3,(H,24,28). The van der Waals surface area contributed by atoms with Crippen molar-refractivity contribution in [3.05, 3.63) is 63.4 Å². The van der Waals surface area contributed by atoms with Gasteiger partial charge in [0, 0.05) is 15.7 Å². The molecule has 0 radical (unpaired) electrons. The van der Waals surface area contributed by atoms with E-state index in [1.807, 2.05) is 26.0 Å². The molecule has 10 heteroatoms. The number of ether oxygens (including phenoxy) is 1. The van der Waals surface area contributed by atoms with E-state index in [0.717, 1.165) is 16.9 Å². The summed E-state index contributed by atoms with van der Waals surface area (Å²) in [5.41, 5.74) is 2.73. The zero-order valence-corrected chi connectivity index (χ0v) is 19.0. The molecule has 0 aliphatic carbocycles. The molecule has 1 atom stereocenters. The van der Waals surface area contributed by atoms with Crippen LogP contribution >= 0.6 is 35.0 Å². The fourth-order valence-corrected chi connectivity index (χ4v) is 4.05. The summed E-state index contributed by atoms with van der Waals surface area (Å²) in [4.78, 5) is 12.5. The van der Waals surface area contributed by atoms with Crippen molar-refractivity contribution >= 4 is 46.6 Å². The Hall–Kier alpha value is -2.42. The number of amides is 1. The smallest absolute Gasteiger partial charge is 0.237 e. The Bertz CT molecular complexity index is 1030. The lowest BCUT2D eigenvalue weighted by atomic mass is 10.1. The SMILES string of the molecule is Cc1cc(C)cc(OCc2nnc(SC(C)C(=O)Nc3cc(Cl)cc(Cl)c3)n2N)c1. The summed E-state index contributed by atoms with van der Waals surface area (Å²) in [5.74, 6) is 7.03. The molecule has 0 saturated carbocycles. The van der Waals surface area contributed by atoms with Crippen molar-refractivity contribution in [2.75, 3.05) is 11.2 Å². The molecule has 0 aliphatic rings. The number of hydrogen-bond donors (Lipinski definition) is 2. The number of benzene rings is 2. The Balaban J connectivity index is 1.61. The molecule has 3 N–H and O–H groups in total. The molecule has 0 aliphatic heterocycles. The van der Waals surface area contributed by atoms with E-state index in [1.54, 1.807) is 25.1 Å². The average molecular weight is 466 g/mol. The third kappa shape index (κ3) is 5.81. The summed E-state index contributed by atoms with van der Waals surface area (Å²) in [6.07, 6.45) is 0. The second-order valence-electron chi connectivity index (χ2n) is 6.79. The highest BCUT2D eigenvalue weighted by molar-refractivity contribution is 8.00. The summed E-state index contributed by atoms with van der Waals surface area (Å²) in [6.45, 7) is 5.91. The maximum atomic E-state index is 12.5. The van der Waals surface area contributed by atoms with Crippen LogP contribution in [-0.4, -0.2) is 26.0 Å². The normalized spacial score (nSPS) is 11.9. The highest BCUT2D eigenvalue weighted by atomic mass is 35.5. The molecule has 2 aromatic carbocycles. The molecule has 1 aromatic heterocycles. The van der Waals surface area contributed by atoms with Crippen LogP contribution in [0.5, 0.6) is 5.75 Å². The van der Waals surface area contributed by atoms with Gasteiger partial charge in [0.05, 0.1) is 5.25 Å². The molecular formula is C20H21Cl2N5O2S. The number of hydrogen-bond acceptors (Lipinski definition) is 6. The van der Waals surface area contributed by atoms with Gasteiger partial charge in [0.25, 0.3) is 0 Å². The maximum absolute atomic E-state index is 12.5. The molecular weight excluding hydrogens is 445 g/mol. The highest BCUT2D eigenvalue weighted by Gasteiger charge is 2.20. The number of anilines is 1. The van der Waals surface area contributed by atoms with Gasteiger partial charge in [-0.3, -0.25) is 4.79 Å². The van der Waals surface area contributed by atoms with Gasteiger partial charge in [0.2, 0.25) is 11.1 Å². The van der Waals surface area contributed by atoms with Gasteiger partial charge < -0.3 is 15.9 Å². The van der Waals surface area contributed by atoms with Crippen LogP contribution in [0.25, 0.3) is 0 Å². The average Bonchev–Trinajstić information content (AvgIpc) is 2.98. The fourth-order valence-electron chi connectivity index (χ4n) is 2.73. The van der Waals surface area contributed by atoms with E-state index in [-0.39, 0.29) is 12.5 Å². The van der Waals surface area contributed by atoms with Crippen molar-refractivity contribution in [3.63, 3.8) is 0 Å². The number of carbonyl (C=O) groups excluding carboxylic acids is 1. The minimum atomic E-state index is -0.484. The highest BCUT2D eigenvalue weighted by Crippen LogP contribution is 2.25. The number of thioether (sulfide) groups is 1. The molecule has 1 amide bonds. The van der Waals surface area contributed by atoms with Gasteiger partial charge in [0.15, 0.2) is 5.82 Å². The van der Waals surface area contributed by atoms with Crippen molar-refractivity contribution in [2.24, 2.45) is 0 Å². The molecule has 0 bridgehead atoms. The van der Waals surface area contributed by atoms with Crippen LogP contribution in [0.2, 0.25) is 10.0 Å². The number of nitrogens with zero attached hydrogens (tertiary/aromatic N) is 3. The van der Waals surface area contributed by atoms with Crippen molar-refractivity contribution in [2.45, 2.75) is 37.8 Å². The fraction of sp³-hybridized carbons (Fsp3) is 0.250. The molecule has 3 rings (SSSR count). The van der Waals surface area contributed by atoms with E-state index in [2.05, 4.69) is 21.6 Å². The molecule has 30 heavy (non-hydrogen) atoms. The number of nitrogens with one attached hydrogen (secondary N) is 1. The van der Waals surface area contributed by atoms with E-state index in [1.165, 1.54) is 16.4 Å². The Morgan fingerprint density at radius 2 is 1.77 bits per heavy atom.